The van der Waals surface area contributed by atoms with Gasteiger partial charge in [0.1, 0.15) is 64.1 Å². The van der Waals surface area contributed by atoms with Crippen molar-refractivity contribution in [3.05, 3.63) is 35.0 Å². The van der Waals surface area contributed by atoms with Crippen molar-refractivity contribution < 1.29 is 84.7 Å². The second-order valence-corrected chi connectivity index (χ2v) is 12.0. The minimum absolute atomic E-state index is 0.00238. The smallest absolute Gasteiger partial charge is 0.293 e. The molecule has 1 aromatic heterocycles. The van der Waals surface area contributed by atoms with Crippen molar-refractivity contribution >= 4 is 11.3 Å². The molecule has 12 nitrogen and oxygen atoms in total. The van der Waals surface area contributed by atoms with Gasteiger partial charge in [-0.15, -0.1) is 17.9 Å². The molecule has 4 unspecified atom stereocenters. The first-order chi connectivity index (χ1) is 23.1. The van der Waals surface area contributed by atoms with Crippen molar-refractivity contribution in [3.63, 3.8) is 0 Å². The lowest BCUT2D eigenvalue weighted by atomic mass is 10.3. The van der Waals surface area contributed by atoms with Gasteiger partial charge < -0.3 is 58.3 Å². The molecule has 1 aromatic rings. The van der Waals surface area contributed by atoms with Crippen LogP contribution in [0.1, 0.15) is 4.88 Å². The normalized spacial score (nSPS) is 15.3. The zero-order chi connectivity index (χ0) is 36.6. The van der Waals surface area contributed by atoms with Crippen LogP contribution in [0.15, 0.2) is 30.2 Å². The highest BCUT2D eigenvalue weighted by atomic mass is 32.1. The zero-order valence-electron chi connectivity index (χ0n) is 27.1. The lowest BCUT2D eigenvalue weighted by Gasteiger charge is -2.22. The van der Waals surface area contributed by atoms with E-state index in [4.69, 9.17) is 23.7 Å². The highest BCUT2D eigenvalue weighted by Gasteiger charge is 2.37. The van der Waals surface area contributed by atoms with Gasteiger partial charge in [0, 0.05) is 11.3 Å². The predicted octanol–water partition coefficient (Wildman–Crippen LogP) is 1.96. The summed E-state index contributed by atoms with van der Waals surface area (Å²) in [5, 5.41) is 40.9. The number of aliphatic hydroxyl groups excluding tert-OH is 4. The molecule has 0 amide bonds. The van der Waals surface area contributed by atoms with Crippen molar-refractivity contribution in [1.29, 1.82) is 0 Å². The van der Waals surface area contributed by atoms with E-state index >= 15 is 0 Å². The summed E-state index contributed by atoms with van der Waals surface area (Å²) < 4.78 is 122. The second-order valence-electron chi connectivity index (χ2n) is 11.0. The molecule has 0 spiro atoms. The van der Waals surface area contributed by atoms with Crippen LogP contribution < -0.4 is 0 Å². The summed E-state index contributed by atoms with van der Waals surface area (Å²) in [5.74, 6) is -11.3. The molecular weight excluding hydrogens is 698 g/mol. The average Bonchev–Trinajstić information content (AvgIpc) is 3.52. The minimum Gasteiger partial charge on any atom is -0.388 e. The van der Waals surface area contributed by atoms with Crippen LogP contribution in [-0.4, -0.2) is 168 Å². The first kappa shape index (κ1) is 45.6. The molecule has 0 bridgehead atoms. The number of aliphatic hydroxyl groups is 4. The molecule has 0 fully saturated rings. The highest BCUT2D eigenvalue weighted by Crippen LogP contribution is 2.21. The summed E-state index contributed by atoms with van der Waals surface area (Å²) in [6.45, 7) is -6.78. The van der Waals surface area contributed by atoms with E-state index in [0.29, 0.717) is 13.0 Å². The molecule has 0 aliphatic carbocycles. The molecule has 0 aliphatic rings. The van der Waals surface area contributed by atoms with Gasteiger partial charge in [-0.05, 0) is 11.4 Å². The molecule has 0 radical (unpaired) electrons. The third-order valence-electron chi connectivity index (χ3n) is 5.67. The van der Waals surface area contributed by atoms with Gasteiger partial charge in [-0.1, -0.05) is 12.1 Å². The molecule has 1 heterocycles. The van der Waals surface area contributed by atoms with Crippen LogP contribution in [0.4, 0.5) is 26.3 Å². The SMILES string of the molecule is C=CCOCC(O)COCC(O)COCC(F)(F)COCC(F)(F)COCC(F)(F)COCC(O)COCC(O)COCCc1cccs1. The molecule has 4 N–H and O–H groups in total. The standard InChI is InChI=1S/C30H48F6O12S/c1-2-6-41-9-23(37)11-43-13-25(39)15-45-17-28(31,32)19-47-21-30(35,36)22-48-20-29(33,34)18-46-16-26(40)14-44-12-24(38)10-42-7-5-27-4-3-8-49-27/h2-4,8,23-26,37-40H,1,5-7,9-22H2. The van der Waals surface area contributed by atoms with Gasteiger partial charge >= 0.3 is 0 Å². The lowest BCUT2D eigenvalue weighted by molar-refractivity contribution is -0.185. The fraction of sp³-hybridized carbons (Fsp3) is 0.800. The number of alkyl halides is 6. The monoisotopic (exact) mass is 746 g/mol. The molecular formula is C30H48F6O12S. The van der Waals surface area contributed by atoms with Gasteiger partial charge in [-0.3, -0.25) is 0 Å². The molecule has 0 saturated carbocycles. The second kappa shape index (κ2) is 25.5. The quantitative estimate of drug-likeness (QED) is 0.0473. The van der Waals surface area contributed by atoms with Gasteiger partial charge in [0.15, 0.2) is 0 Å². The summed E-state index contributed by atoms with van der Waals surface area (Å²) in [4.78, 5) is 1.14. The highest BCUT2D eigenvalue weighted by molar-refractivity contribution is 7.09. The van der Waals surface area contributed by atoms with Gasteiger partial charge in [0.25, 0.3) is 17.8 Å². The Balaban J connectivity index is 2.11. The molecule has 0 aromatic carbocycles. The molecule has 288 valence electrons. The van der Waals surface area contributed by atoms with Crippen molar-refractivity contribution in [3.8, 4) is 0 Å². The fourth-order valence-electron chi connectivity index (χ4n) is 3.52. The molecule has 49 heavy (non-hydrogen) atoms. The lowest BCUT2D eigenvalue weighted by Crippen LogP contribution is -2.38. The third kappa shape index (κ3) is 26.0. The van der Waals surface area contributed by atoms with E-state index in [1.807, 2.05) is 17.5 Å². The van der Waals surface area contributed by atoms with E-state index in [2.05, 4.69) is 20.8 Å². The Hall–Kier alpha value is -1.46. The Morgan fingerprint density at radius 2 is 0.939 bits per heavy atom. The van der Waals surface area contributed by atoms with Crippen molar-refractivity contribution in [1.82, 2.24) is 0 Å². The summed E-state index contributed by atoms with van der Waals surface area (Å²) in [6, 6.07) is 3.88. The summed E-state index contributed by atoms with van der Waals surface area (Å²) in [7, 11) is 0. The van der Waals surface area contributed by atoms with Gasteiger partial charge in [0.05, 0.1) is 66.1 Å². The summed E-state index contributed by atoms with van der Waals surface area (Å²) >= 11 is 1.59. The van der Waals surface area contributed by atoms with E-state index < -0.39 is 95.0 Å². The van der Waals surface area contributed by atoms with Crippen LogP contribution in [0, 0.1) is 0 Å². The Morgan fingerprint density at radius 3 is 1.33 bits per heavy atom. The Morgan fingerprint density at radius 1 is 0.571 bits per heavy atom. The topological polar surface area (TPSA) is 155 Å². The van der Waals surface area contributed by atoms with Crippen LogP contribution >= 0.6 is 11.3 Å². The van der Waals surface area contributed by atoms with E-state index in [9.17, 15) is 46.8 Å². The van der Waals surface area contributed by atoms with E-state index in [-0.39, 0.29) is 46.2 Å². The number of halogens is 6. The first-order valence-corrected chi connectivity index (χ1v) is 16.1. The Bertz CT molecular complexity index is 951. The number of rotatable bonds is 33. The van der Waals surface area contributed by atoms with Crippen LogP contribution in [0.5, 0.6) is 0 Å². The maximum absolute atomic E-state index is 13.9. The predicted molar refractivity (Wildman–Crippen MR) is 164 cm³/mol. The van der Waals surface area contributed by atoms with Gasteiger partial charge in [-0.25, -0.2) is 26.3 Å². The number of ether oxygens (including phenoxy) is 8. The number of hydrogen-bond donors (Lipinski definition) is 4. The molecule has 0 aliphatic heterocycles. The third-order valence-corrected chi connectivity index (χ3v) is 6.61. The maximum atomic E-state index is 13.9. The Kier molecular flexibility index (Phi) is 23.7. The van der Waals surface area contributed by atoms with Gasteiger partial charge in [0.2, 0.25) is 0 Å². The zero-order valence-corrected chi connectivity index (χ0v) is 27.9. The largest absolute Gasteiger partial charge is 0.388 e. The van der Waals surface area contributed by atoms with E-state index in [1.54, 1.807) is 11.3 Å². The van der Waals surface area contributed by atoms with Crippen molar-refractivity contribution in [2.75, 3.05) is 106 Å². The molecule has 1 rings (SSSR count). The maximum Gasteiger partial charge on any atom is 0.293 e. The molecule has 19 heteroatoms. The van der Waals surface area contributed by atoms with Crippen LogP contribution in [0.3, 0.4) is 0 Å². The number of hydrogen-bond acceptors (Lipinski definition) is 13. The fourth-order valence-corrected chi connectivity index (χ4v) is 4.21. The minimum atomic E-state index is -3.88. The van der Waals surface area contributed by atoms with Gasteiger partial charge in [-0.2, -0.15) is 0 Å². The summed E-state index contributed by atoms with van der Waals surface area (Å²) in [6.07, 6.45) is -2.40. The van der Waals surface area contributed by atoms with Crippen molar-refractivity contribution in [2.45, 2.75) is 48.6 Å². The van der Waals surface area contributed by atoms with Crippen molar-refractivity contribution in [2.24, 2.45) is 0 Å². The van der Waals surface area contributed by atoms with Crippen LogP contribution in [0.25, 0.3) is 0 Å². The van der Waals surface area contributed by atoms with Crippen LogP contribution in [-0.2, 0) is 44.3 Å². The average molecular weight is 747 g/mol. The van der Waals surface area contributed by atoms with E-state index in [0.717, 1.165) is 4.88 Å². The first-order valence-electron chi connectivity index (χ1n) is 15.2. The number of thiophene rings is 1. The molecule has 4 atom stereocenters. The molecule has 0 saturated heterocycles. The Labute approximate surface area is 285 Å². The summed E-state index contributed by atoms with van der Waals surface area (Å²) in [5.41, 5.74) is 0. The van der Waals surface area contributed by atoms with Crippen LogP contribution in [0.2, 0.25) is 0 Å². The van der Waals surface area contributed by atoms with E-state index in [1.165, 1.54) is 6.08 Å².